The van der Waals surface area contributed by atoms with Crippen LogP contribution in [-0.4, -0.2) is 22.0 Å². The minimum absolute atomic E-state index is 0. The molecule has 1 aromatic heterocycles. The van der Waals surface area contributed by atoms with Crippen LogP contribution in [0.1, 0.15) is 12.8 Å². The van der Waals surface area contributed by atoms with Gasteiger partial charge in [0.1, 0.15) is 0 Å². The lowest BCUT2D eigenvalue weighted by Crippen LogP contribution is -2.13. The van der Waals surface area contributed by atoms with Crippen molar-refractivity contribution >= 4 is 35.8 Å². The Hall–Kier alpha value is -1.50. The summed E-state index contributed by atoms with van der Waals surface area (Å²) in [5.41, 5.74) is 6.22. The summed E-state index contributed by atoms with van der Waals surface area (Å²) in [6.07, 6.45) is 4.79. The van der Waals surface area contributed by atoms with Crippen molar-refractivity contribution in [2.75, 3.05) is 11.9 Å². The minimum Gasteiger partial charge on any atom is -0.330 e. The van der Waals surface area contributed by atoms with Gasteiger partial charge in [-0.15, -0.1) is 12.4 Å². The van der Waals surface area contributed by atoms with Gasteiger partial charge >= 0.3 is 0 Å². The number of imidazole rings is 1. The van der Waals surface area contributed by atoms with E-state index in [4.69, 9.17) is 5.73 Å². The highest BCUT2D eigenvalue weighted by Gasteiger charge is 2.09. The lowest BCUT2D eigenvalue weighted by molar-refractivity contribution is -0.116. The summed E-state index contributed by atoms with van der Waals surface area (Å²) in [5.74, 6) is -0.0108. The molecule has 5 nitrogen and oxygen atoms in total. The van der Waals surface area contributed by atoms with Crippen LogP contribution in [0.25, 0.3) is 0 Å². The van der Waals surface area contributed by atoms with Gasteiger partial charge in [0, 0.05) is 30.8 Å². The maximum absolute atomic E-state index is 11.8. The van der Waals surface area contributed by atoms with Crippen LogP contribution in [0.4, 0.5) is 5.69 Å². The smallest absolute Gasteiger partial charge is 0.224 e. The molecule has 3 N–H and O–H groups in total. The summed E-state index contributed by atoms with van der Waals surface area (Å²) in [6.45, 7) is 0.525. The average Bonchev–Trinajstić information content (AvgIpc) is 2.84. The van der Waals surface area contributed by atoms with Gasteiger partial charge in [0.15, 0.2) is 5.16 Å². The van der Waals surface area contributed by atoms with E-state index in [0.717, 1.165) is 15.7 Å². The molecule has 1 heterocycles. The highest BCUT2D eigenvalue weighted by atomic mass is 35.5. The highest BCUT2D eigenvalue weighted by molar-refractivity contribution is 7.99. The highest BCUT2D eigenvalue weighted by Crippen LogP contribution is 2.32. The van der Waals surface area contributed by atoms with E-state index in [0.29, 0.717) is 19.4 Å². The molecule has 0 aliphatic carbocycles. The van der Waals surface area contributed by atoms with Gasteiger partial charge in [0.25, 0.3) is 0 Å². The zero-order valence-corrected chi connectivity index (χ0v) is 13.4. The van der Waals surface area contributed by atoms with Crippen LogP contribution >= 0.6 is 24.2 Å². The van der Waals surface area contributed by atoms with Gasteiger partial charge in [-0.2, -0.15) is 0 Å². The molecule has 2 aromatic rings. The predicted octanol–water partition coefficient (Wildman–Crippen LogP) is 2.67. The van der Waals surface area contributed by atoms with Crippen molar-refractivity contribution in [1.82, 2.24) is 9.55 Å². The van der Waals surface area contributed by atoms with Crippen LogP contribution in [0, 0.1) is 0 Å². The maximum Gasteiger partial charge on any atom is 0.224 e. The van der Waals surface area contributed by atoms with E-state index in [1.165, 1.54) is 11.8 Å². The molecule has 2 rings (SSSR count). The van der Waals surface area contributed by atoms with E-state index in [9.17, 15) is 4.79 Å². The first-order valence-corrected chi connectivity index (χ1v) is 7.26. The number of rotatable bonds is 6. The van der Waals surface area contributed by atoms with E-state index in [1.807, 2.05) is 42.1 Å². The van der Waals surface area contributed by atoms with Crippen LogP contribution in [-0.2, 0) is 11.8 Å². The Bertz CT molecular complexity index is 588. The molecule has 0 spiro atoms. The van der Waals surface area contributed by atoms with Crippen LogP contribution < -0.4 is 11.1 Å². The summed E-state index contributed by atoms with van der Waals surface area (Å²) >= 11 is 1.53. The van der Waals surface area contributed by atoms with Crippen molar-refractivity contribution in [2.45, 2.75) is 22.9 Å². The Balaban J connectivity index is 0.00000220. The third-order valence-electron chi connectivity index (χ3n) is 2.75. The SMILES string of the molecule is Cl.Cn1ccnc1Sc1ccccc1NC(=O)CCCN. The standard InChI is InChI=1S/C14H18N4OS.ClH/c1-18-10-9-16-14(18)20-12-6-3-2-5-11(12)17-13(19)7-4-8-15;/h2-3,5-6,9-10H,4,7-8,15H2,1H3,(H,17,19);1H. The van der Waals surface area contributed by atoms with E-state index in [-0.39, 0.29) is 18.3 Å². The number of nitrogens with one attached hydrogen (secondary N) is 1. The largest absolute Gasteiger partial charge is 0.330 e. The molecule has 0 aliphatic rings. The second-order valence-corrected chi connectivity index (χ2v) is 5.37. The van der Waals surface area contributed by atoms with Gasteiger partial charge in [-0.25, -0.2) is 4.98 Å². The zero-order valence-electron chi connectivity index (χ0n) is 11.8. The van der Waals surface area contributed by atoms with E-state index in [2.05, 4.69) is 10.3 Å². The van der Waals surface area contributed by atoms with E-state index >= 15 is 0 Å². The number of hydrogen-bond acceptors (Lipinski definition) is 4. The second kappa shape index (κ2) is 8.71. The maximum atomic E-state index is 11.8. The molecule has 114 valence electrons. The van der Waals surface area contributed by atoms with Gasteiger partial charge < -0.3 is 15.6 Å². The summed E-state index contributed by atoms with van der Waals surface area (Å²) in [5, 5.41) is 3.81. The number of carbonyl (C=O) groups excluding carboxylic acids is 1. The van der Waals surface area contributed by atoms with Gasteiger partial charge in [0.05, 0.1) is 5.69 Å². The molecule has 0 aliphatic heterocycles. The Labute approximate surface area is 134 Å². The molecule has 0 radical (unpaired) electrons. The summed E-state index contributed by atoms with van der Waals surface area (Å²) in [6, 6.07) is 7.71. The van der Waals surface area contributed by atoms with Gasteiger partial charge in [-0.1, -0.05) is 12.1 Å². The normalized spacial score (nSPS) is 10.0. The first-order chi connectivity index (χ1) is 9.70. The fourth-order valence-corrected chi connectivity index (χ4v) is 2.57. The van der Waals surface area contributed by atoms with Crippen molar-refractivity contribution in [3.63, 3.8) is 0 Å². The number of anilines is 1. The molecule has 0 saturated heterocycles. The van der Waals surface area contributed by atoms with Crippen LogP contribution in [0.15, 0.2) is 46.7 Å². The molecule has 0 saturated carbocycles. The first-order valence-electron chi connectivity index (χ1n) is 6.45. The number of aryl methyl sites for hydroxylation is 1. The molecule has 7 heteroatoms. The lowest BCUT2D eigenvalue weighted by atomic mass is 10.2. The van der Waals surface area contributed by atoms with E-state index in [1.54, 1.807) is 6.20 Å². The Kier molecular flexibility index (Phi) is 7.28. The molecule has 1 aromatic carbocycles. The molecule has 0 atom stereocenters. The molecule has 0 unspecified atom stereocenters. The Morgan fingerprint density at radius 2 is 2.19 bits per heavy atom. The number of benzene rings is 1. The Morgan fingerprint density at radius 3 is 2.86 bits per heavy atom. The van der Waals surface area contributed by atoms with Crippen molar-refractivity contribution in [3.05, 3.63) is 36.7 Å². The number of hydrogen-bond donors (Lipinski definition) is 2. The molecular weight excluding hydrogens is 308 g/mol. The number of halogens is 1. The number of para-hydroxylation sites is 1. The number of nitrogens with zero attached hydrogens (tertiary/aromatic N) is 2. The van der Waals surface area contributed by atoms with Crippen LogP contribution in [0.2, 0.25) is 0 Å². The summed E-state index contributed by atoms with van der Waals surface area (Å²) in [7, 11) is 1.94. The fraction of sp³-hybridized carbons (Fsp3) is 0.286. The van der Waals surface area contributed by atoms with Crippen molar-refractivity contribution in [3.8, 4) is 0 Å². The van der Waals surface area contributed by atoms with Gasteiger partial charge in [-0.3, -0.25) is 4.79 Å². The molecule has 21 heavy (non-hydrogen) atoms. The average molecular weight is 327 g/mol. The quantitative estimate of drug-likeness (QED) is 0.856. The summed E-state index contributed by atoms with van der Waals surface area (Å²) in [4.78, 5) is 17.0. The second-order valence-electron chi connectivity index (χ2n) is 4.36. The minimum atomic E-state index is -0.0108. The van der Waals surface area contributed by atoms with Crippen molar-refractivity contribution < 1.29 is 4.79 Å². The van der Waals surface area contributed by atoms with Gasteiger partial charge in [-0.05, 0) is 36.9 Å². The fourth-order valence-electron chi connectivity index (χ4n) is 1.68. The van der Waals surface area contributed by atoms with Crippen molar-refractivity contribution in [1.29, 1.82) is 0 Å². The number of amides is 1. The molecule has 0 bridgehead atoms. The molecule has 1 amide bonds. The number of carbonyl (C=O) groups is 1. The van der Waals surface area contributed by atoms with Crippen molar-refractivity contribution in [2.24, 2.45) is 12.8 Å². The third kappa shape index (κ3) is 5.08. The summed E-state index contributed by atoms with van der Waals surface area (Å²) < 4.78 is 1.94. The topological polar surface area (TPSA) is 72.9 Å². The third-order valence-corrected chi connectivity index (χ3v) is 3.90. The lowest BCUT2D eigenvalue weighted by Gasteiger charge is -2.10. The number of aromatic nitrogens is 2. The zero-order chi connectivity index (χ0) is 14.4. The molecule has 0 fully saturated rings. The number of nitrogens with two attached hydrogens (primary N) is 1. The predicted molar refractivity (Wildman–Crippen MR) is 87.9 cm³/mol. The Morgan fingerprint density at radius 1 is 1.43 bits per heavy atom. The van der Waals surface area contributed by atoms with Crippen LogP contribution in [0.3, 0.4) is 0 Å². The van der Waals surface area contributed by atoms with E-state index < -0.39 is 0 Å². The first kappa shape index (κ1) is 17.6. The van der Waals surface area contributed by atoms with Gasteiger partial charge in [0.2, 0.25) is 5.91 Å². The molecular formula is C14H19ClN4OS. The monoisotopic (exact) mass is 326 g/mol. The van der Waals surface area contributed by atoms with Crippen LogP contribution in [0.5, 0.6) is 0 Å².